The highest BCUT2D eigenvalue weighted by Crippen LogP contribution is 2.15. The standard InChI is InChI=1S/C13H18O4/c1-16-13(15)12(9-5-6-10-14)17-11-7-3-2-4-8-11/h2-4,7-8,12,14H,5-6,9-10H2,1H3. The van der Waals surface area contributed by atoms with Gasteiger partial charge in [0.2, 0.25) is 0 Å². The lowest BCUT2D eigenvalue weighted by Gasteiger charge is -2.16. The molecule has 4 nitrogen and oxygen atoms in total. The lowest BCUT2D eigenvalue weighted by atomic mass is 10.1. The molecule has 1 N–H and O–H groups in total. The Labute approximate surface area is 101 Å². The van der Waals surface area contributed by atoms with Gasteiger partial charge in [-0.05, 0) is 31.4 Å². The first-order valence-electron chi connectivity index (χ1n) is 5.68. The van der Waals surface area contributed by atoms with Crippen LogP contribution >= 0.6 is 0 Å². The van der Waals surface area contributed by atoms with Crippen LogP contribution in [-0.2, 0) is 9.53 Å². The summed E-state index contributed by atoms with van der Waals surface area (Å²) in [4.78, 5) is 11.5. The summed E-state index contributed by atoms with van der Waals surface area (Å²) in [6, 6.07) is 9.16. The molecule has 0 saturated heterocycles. The maximum absolute atomic E-state index is 11.5. The number of esters is 1. The van der Waals surface area contributed by atoms with Crippen molar-refractivity contribution in [3.8, 4) is 5.75 Å². The van der Waals surface area contributed by atoms with Gasteiger partial charge >= 0.3 is 5.97 Å². The van der Waals surface area contributed by atoms with Crippen LogP contribution in [0.25, 0.3) is 0 Å². The molecule has 0 aromatic heterocycles. The predicted molar refractivity (Wildman–Crippen MR) is 63.8 cm³/mol. The largest absolute Gasteiger partial charge is 0.479 e. The minimum atomic E-state index is -0.603. The quantitative estimate of drug-likeness (QED) is 0.581. The van der Waals surface area contributed by atoms with E-state index in [4.69, 9.17) is 9.84 Å². The van der Waals surface area contributed by atoms with E-state index < -0.39 is 6.10 Å². The lowest BCUT2D eigenvalue weighted by Crippen LogP contribution is -2.28. The van der Waals surface area contributed by atoms with Gasteiger partial charge in [-0.25, -0.2) is 4.79 Å². The molecule has 4 heteroatoms. The fraction of sp³-hybridized carbons (Fsp3) is 0.462. The second-order valence-corrected chi connectivity index (χ2v) is 3.66. The topological polar surface area (TPSA) is 55.8 Å². The van der Waals surface area contributed by atoms with Crippen molar-refractivity contribution < 1.29 is 19.4 Å². The highest BCUT2D eigenvalue weighted by Gasteiger charge is 2.20. The summed E-state index contributed by atoms with van der Waals surface area (Å²) >= 11 is 0. The van der Waals surface area contributed by atoms with Crippen LogP contribution in [0.3, 0.4) is 0 Å². The molecule has 0 spiro atoms. The molecule has 0 heterocycles. The van der Waals surface area contributed by atoms with E-state index in [9.17, 15) is 4.79 Å². The van der Waals surface area contributed by atoms with Gasteiger partial charge in [0.1, 0.15) is 5.75 Å². The first-order valence-corrected chi connectivity index (χ1v) is 5.68. The fourth-order valence-electron chi connectivity index (χ4n) is 1.46. The Bertz CT molecular complexity index is 323. The van der Waals surface area contributed by atoms with Gasteiger partial charge in [0, 0.05) is 6.61 Å². The second-order valence-electron chi connectivity index (χ2n) is 3.66. The van der Waals surface area contributed by atoms with E-state index in [1.807, 2.05) is 18.2 Å². The van der Waals surface area contributed by atoms with E-state index in [0.717, 1.165) is 6.42 Å². The number of rotatable bonds is 7. The summed E-state index contributed by atoms with van der Waals surface area (Å²) in [7, 11) is 1.34. The van der Waals surface area contributed by atoms with Crippen LogP contribution in [-0.4, -0.2) is 30.9 Å². The summed E-state index contributed by atoms with van der Waals surface area (Å²) in [6.45, 7) is 0.124. The number of hydrogen-bond acceptors (Lipinski definition) is 4. The maximum Gasteiger partial charge on any atom is 0.347 e. The number of carbonyl (C=O) groups is 1. The number of aliphatic hydroxyl groups excluding tert-OH is 1. The number of hydrogen-bond donors (Lipinski definition) is 1. The normalized spacial score (nSPS) is 11.9. The number of para-hydroxylation sites is 1. The van der Waals surface area contributed by atoms with Crippen LogP contribution in [0, 0.1) is 0 Å². The van der Waals surface area contributed by atoms with Crippen molar-refractivity contribution >= 4 is 5.97 Å². The minimum Gasteiger partial charge on any atom is -0.479 e. The Morgan fingerprint density at radius 3 is 2.59 bits per heavy atom. The van der Waals surface area contributed by atoms with Gasteiger partial charge in [-0.1, -0.05) is 18.2 Å². The lowest BCUT2D eigenvalue weighted by molar-refractivity contribution is -0.149. The Balaban J connectivity index is 2.54. The molecule has 17 heavy (non-hydrogen) atoms. The zero-order chi connectivity index (χ0) is 12.5. The van der Waals surface area contributed by atoms with Gasteiger partial charge in [0.25, 0.3) is 0 Å². The van der Waals surface area contributed by atoms with Crippen molar-refractivity contribution in [2.24, 2.45) is 0 Å². The van der Waals surface area contributed by atoms with Crippen molar-refractivity contribution in [1.29, 1.82) is 0 Å². The highest BCUT2D eigenvalue weighted by atomic mass is 16.6. The van der Waals surface area contributed by atoms with Crippen molar-refractivity contribution in [2.75, 3.05) is 13.7 Å². The summed E-state index contributed by atoms with van der Waals surface area (Å²) in [5.41, 5.74) is 0. The van der Waals surface area contributed by atoms with E-state index in [1.54, 1.807) is 12.1 Å². The molecule has 0 aliphatic rings. The van der Waals surface area contributed by atoms with E-state index in [0.29, 0.717) is 18.6 Å². The Morgan fingerprint density at radius 2 is 2.00 bits per heavy atom. The molecule has 0 aliphatic carbocycles. The van der Waals surface area contributed by atoms with Gasteiger partial charge in [0.15, 0.2) is 6.10 Å². The number of ether oxygens (including phenoxy) is 2. The first-order chi connectivity index (χ1) is 8.27. The van der Waals surface area contributed by atoms with Crippen LogP contribution in [0.1, 0.15) is 19.3 Å². The van der Waals surface area contributed by atoms with Crippen LogP contribution < -0.4 is 4.74 Å². The van der Waals surface area contributed by atoms with Crippen molar-refractivity contribution in [2.45, 2.75) is 25.4 Å². The molecule has 0 aliphatic heterocycles. The number of aliphatic hydroxyl groups is 1. The molecule has 1 aromatic carbocycles. The predicted octanol–water partition coefficient (Wildman–Crippen LogP) is 1.77. The number of methoxy groups -OCH3 is 1. The Morgan fingerprint density at radius 1 is 1.29 bits per heavy atom. The van der Waals surface area contributed by atoms with Gasteiger partial charge in [-0.2, -0.15) is 0 Å². The van der Waals surface area contributed by atoms with E-state index in [2.05, 4.69) is 4.74 Å². The van der Waals surface area contributed by atoms with Gasteiger partial charge in [-0.3, -0.25) is 0 Å². The monoisotopic (exact) mass is 238 g/mol. The van der Waals surface area contributed by atoms with E-state index in [-0.39, 0.29) is 12.6 Å². The number of unbranched alkanes of at least 4 members (excludes halogenated alkanes) is 1. The van der Waals surface area contributed by atoms with Crippen LogP contribution in [0.2, 0.25) is 0 Å². The average molecular weight is 238 g/mol. The SMILES string of the molecule is COC(=O)C(CCCCO)Oc1ccccc1. The highest BCUT2D eigenvalue weighted by molar-refractivity contribution is 5.74. The third kappa shape index (κ3) is 4.87. The third-order valence-corrected chi connectivity index (χ3v) is 2.36. The van der Waals surface area contributed by atoms with Gasteiger partial charge < -0.3 is 14.6 Å². The van der Waals surface area contributed by atoms with Gasteiger partial charge in [-0.15, -0.1) is 0 Å². The molecule has 0 amide bonds. The fourth-order valence-corrected chi connectivity index (χ4v) is 1.46. The van der Waals surface area contributed by atoms with Crippen LogP contribution in [0.4, 0.5) is 0 Å². The molecular formula is C13H18O4. The second kappa shape index (κ2) is 7.68. The summed E-state index contributed by atoms with van der Waals surface area (Å²) < 4.78 is 10.2. The molecular weight excluding hydrogens is 220 g/mol. The van der Waals surface area contributed by atoms with Crippen LogP contribution in [0.15, 0.2) is 30.3 Å². The average Bonchev–Trinajstić information content (AvgIpc) is 2.38. The molecule has 0 radical (unpaired) electrons. The summed E-state index contributed by atoms with van der Waals surface area (Å²) in [5.74, 6) is 0.263. The van der Waals surface area contributed by atoms with Crippen molar-refractivity contribution in [1.82, 2.24) is 0 Å². The van der Waals surface area contributed by atoms with Gasteiger partial charge in [0.05, 0.1) is 7.11 Å². The smallest absolute Gasteiger partial charge is 0.347 e. The Kier molecular flexibility index (Phi) is 6.10. The molecule has 0 fully saturated rings. The minimum absolute atomic E-state index is 0.124. The molecule has 0 bridgehead atoms. The van der Waals surface area contributed by atoms with Crippen molar-refractivity contribution in [3.05, 3.63) is 30.3 Å². The maximum atomic E-state index is 11.5. The van der Waals surface area contributed by atoms with Crippen molar-refractivity contribution in [3.63, 3.8) is 0 Å². The Hall–Kier alpha value is -1.55. The number of benzene rings is 1. The summed E-state index contributed by atoms with van der Waals surface area (Å²) in [6.07, 6.45) is 1.32. The van der Waals surface area contributed by atoms with E-state index >= 15 is 0 Å². The zero-order valence-corrected chi connectivity index (χ0v) is 9.96. The third-order valence-electron chi connectivity index (χ3n) is 2.36. The molecule has 94 valence electrons. The molecule has 1 unspecified atom stereocenters. The van der Waals surface area contributed by atoms with E-state index in [1.165, 1.54) is 7.11 Å². The van der Waals surface area contributed by atoms with Crippen LogP contribution in [0.5, 0.6) is 5.75 Å². The molecule has 0 saturated carbocycles. The molecule has 1 rings (SSSR count). The number of carbonyl (C=O) groups excluding carboxylic acids is 1. The molecule has 1 aromatic rings. The first kappa shape index (κ1) is 13.5. The molecule has 1 atom stereocenters. The summed E-state index contributed by atoms with van der Waals surface area (Å²) in [5, 5.41) is 8.71. The zero-order valence-electron chi connectivity index (χ0n) is 9.96.